The Bertz CT molecular complexity index is 79.3. The fourth-order valence-corrected chi connectivity index (χ4v) is 0.249. The molecule has 0 heterocycles. The van der Waals surface area contributed by atoms with Gasteiger partial charge < -0.3 is 0 Å². The molecule has 0 atom stereocenters. The van der Waals surface area contributed by atoms with Crippen LogP contribution in [0, 0.1) is 0 Å². The summed E-state index contributed by atoms with van der Waals surface area (Å²) in [4.78, 5) is 10.4. The summed E-state index contributed by atoms with van der Waals surface area (Å²) < 4.78 is 0. The number of carbonyl (C=O) groups excluding carboxylic acids is 1. The van der Waals surface area contributed by atoms with Crippen molar-refractivity contribution < 1.29 is 4.79 Å². The first kappa shape index (κ1) is 7.19. The fourth-order valence-electron chi connectivity index (χ4n) is 0.249. The van der Waals surface area contributed by atoms with Crippen molar-refractivity contribution in [2.45, 2.75) is 0 Å². The van der Waals surface area contributed by atoms with Gasteiger partial charge in [-0.2, -0.15) is 0 Å². The summed E-state index contributed by atoms with van der Waals surface area (Å²) in [6, 6.07) is -0.426. The predicted octanol–water partition coefficient (Wildman–Crippen LogP) is -1.28. The minimum absolute atomic E-state index is 0.426. The lowest BCUT2D eigenvalue weighted by atomic mass is 10.9. The quantitative estimate of drug-likeness (QED) is 0.236. The molecular formula is C3H10N4O. The number of nitrogens with zero attached hydrogens (tertiary/aromatic N) is 2. The number of carbonyl (C=O) groups is 1. The summed E-state index contributed by atoms with van der Waals surface area (Å²) in [7, 11) is 2.84. The van der Waals surface area contributed by atoms with Crippen molar-refractivity contribution in [3.63, 3.8) is 0 Å². The van der Waals surface area contributed by atoms with E-state index >= 15 is 0 Å². The van der Waals surface area contributed by atoms with Gasteiger partial charge in [0.2, 0.25) is 0 Å². The van der Waals surface area contributed by atoms with Gasteiger partial charge in [0, 0.05) is 14.1 Å². The normalized spacial score (nSPS) is 8.50. The maximum absolute atomic E-state index is 10.4. The van der Waals surface area contributed by atoms with Crippen LogP contribution in [0.3, 0.4) is 0 Å². The molecule has 8 heavy (non-hydrogen) atoms. The molecule has 0 aliphatic heterocycles. The Labute approximate surface area is 47.8 Å². The van der Waals surface area contributed by atoms with Crippen molar-refractivity contribution in [3.8, 4) is 0 Å². The molecule has 0 saturated carbocycles. The van der Waals surface area contributed by atoms with Crippen LogP contribution >= 0.6 is 0 Å². The molecule has 2 amide bonds. The molecule has 48 valence electrons. The van der Waals surface area contributed by atoms with E-state index in [1.165, 1.54) is 14.1 Å². The number of hydrazine groups is 2. The van der Waals surface area contributed by atoms with Crippen LogP contribution in [-0.4, -0.2) is 30.1 Å². The van der Waals surface area contributed by atoms with Crippen molar-refractivity contribution in [2.24, 2.45) is 11.7 Å². The zero-order valence-electron chi connectivity index (χ0n) is 4.96. The van der Waals surface area contributed by atoms with Crippen molar-refractivity contribution in [3.05, 3.63) is 0 Å². The Morgan fingerprint density at radius 2 is 1.50 bits per heavy atom. The van der Waals surface area contributed by atoms with Gasteiger partial charge >= 0.3 is 6.03 Å². The highest BCUT2D eigenvalue weighted by molar-refractivity contribution is 5.72. The average Bonchev–Trinajstić information content (AvgIpc) is 1.64. The summed E-state index contributed by atoms with van der Waals surface area (Å²) in [5.41, 5.74) is 0. The second kappa shape index (κ2) is 2.49. The fraction of sp³-hybridized carbons (Fsp3) is 0.667. The number of hydrogen-bond acceptors (Lipinski definition) is 3. The highest BCUT2D eigenvalue weighted by atomic mass is 16.2. The first-order chi connectivity index (χ1) is 3.55. The molecule has 5 heteroatoms. The Kier molecular flexibility index (Phi) is 2.23. The molecule has 0 aromatic carbocycles. The van der Waals surface area contributed by atoms with E-state index in [2.05, 4.69) is 0 Å². The first-order valence-corrected chi connectivity index (χ1v) is 2.06. The van der Waals surface area contributed by atoms with Crippen LogP contribution in [-0.2, 0) is 0 Å². The SMILES string of the molecule is CN(N)C(=O)N(C)N. The molecule has 0 radical (unpaired) electrons. The molecule has 0 aliphatic rings. The molecule has 0 unspecified atom stereocenters. The predicted molar refractivity (Wildman–Crippen MR) is 29.3 cm³/mol. The second-order valence-electron chi connectivity index (χ2n) is 1.50. The Hall–Kier alpha value is -0.810. The number of amides is 2. The van der Waals surface area contributed by atoms with Crippen LogP contribution in [0.5, 0.6) is 0 Å². The van der Waals surface area contributed by atoms with Gasteiger partial charge in [-0.1, -0.05) is 0 Å². The highest BCUT2D eigenvalue weighted by Gasteiger charge is 2.04. The smallest absolute Gasteiger partial charge is 0.264 e. The third-order valence-electron chi connectivity index (χ3n) is 0.603. The van der Waals surface area contributed by atoms with Gasteiger partial charge in [0.15, 0.2) is 0 Å². The molecule has 4 N–H and O–H groups in total. The minimum atomic E-state index is -0.426. The van der Waals surface area contributed by atoms with Crippen LogP contribution in [0.1, 0.15) is 0 Å². The Morgan fingerprint density at radius 1 is 1.25 bits per heavy atom. The molecule has 0 spiro atoms. The Morgan fingerprint density at radius 3 is 1.50 bits per heavy atom. The summed E-state index contributed by atoms with van der Waals surface area (Å²) in [5.74, 6) is 10.00. The molecule has 0 aromatic heterocycles. The van der Waals surface area contributed by atoms with Crippen molar-refractivity contribution in [2.75, 3.05) is 14.1 Å². The number of rotatable bonds is 0. The summed E-state index contributed by atoms with van der Waals surface area (Å²) in [6.07, 6.45) is 0. The van der Waals surface area contributed by atoms with Crippen molar-refractivity contribution >= 4 is 6.03 Å². The molecule has 0 aliphatic carbocycles. The van der Waals surface area contributed by atoms with Gasteiger partial charge in [-0.3, -0.25) is 10.0 Å². The molecule has 0 saturated heterocycles. The van der Waals surface area contributed by atoms with Gasteiger partial charge in [-0.05, 0) is 0 Å². The number of nitrogens with two attached hydrogens (primary N) is 2. The van der Waals surface area contributed by atoms with E-state index in [4.69, 9.17) is 11.7 Å². The maximum Gasteiger partial charge on any atom is 0.347 e. The maximum atomic E-state index is 10.4. The lowest BCUT2D eigenvalue weighted by Gasteiger charge is -2.15. The zero-order valence-corrected chi connectivity index (χ0v) is 4.96. The van der Waals surface area contributed by atoms with Gasteiger partial charge in [0.1, 0.15) is 0 Å². The molecule has 0 fully saturated rings. The average molecular weight is 118 g/mol. The molecule has 5 nitrogen and oxygen atoms in total. The molecule has 0 rings (SSSR count). The largest absolute Gasteiger partial charge is 0.347 e. The van der Waals surface area contributed by atoms with Crippen molar-refractivity contribution in [1.29, 1.82) is 0 Å². The number of hydrogen-bond donors (Lipinski definition) is 2. The third kappa shape index (κ3) is 1.76. The van der Waals surface area contributed by atoms with Gasteiger partial charge in [0.05, 0.1) is 0 Å². The van der Waals surface area contributed by atoms with Crippen molar-refractivity contribution in [1.82, 2.24) is 10.0 Å². The van der Waals surface area contributed by atoms with Crippen LogP contribution in [0.2, 0.25) is 0 Å². The van der Waals surface area contributed by atoms with Crippen LogP contribution in [0.4, 0.5) is 4.79 Å². The summed E-state index contributed by atoms with van der Waals surface area (Å²) in [6.45, 7) is 0. The third-order valence-corrected chi connectivity index (χ3v) is 0.603. The highest BCUT2D eigenvalue weighted by Crippen LogP contribution is 1.77. The van der Waals surface area contributed by atoms with Gasteiger partial charge in [-0.25, -0.2) is 16.5 Å². The second-order valence-corrected chi connectivity index (χ2v) is 1.50. The topological polar surface area (TPSA) is 75.6 Å². The van der Waals surface area contributed by atoms with E-state index in [0.29, 0.717) is 0 Å². The van der Waals surface area contributed by atoms with E-state index in [1.807, 2.05) is 0 Å². The van der Waals surface area contributed by atoms with Crippen LogP contribution in [0.25, 0.3) is 0 Å². The van der Waals surface area contributed by atoms with Crippen LogP contribution in [0.15, 0.2) is 0 Å². The summed E-state index contributed by atoms with van der Waals surface area (Å²) in [5, 5.41) is 1.81. The van der Waals surface area contributed by atoms with Gasteiger partial charge in [-0.15, -0.1) is 0 Å². The lowest BCUT2D eigenvalue weighted by Crippen LogP contribution is -2.45. The van der Waals surface area contributed by atoms with Gasteiger partial charge in [0.25, 0.3) is 0 Å². The number of urea groups is 1. The standard InChI is InChI=1S/C3H10N4O/c1-6(4)3(8)7(2)5/h4-5H2,1-2H3. The molecule has 0 bridgehead atoms. The van der Waals surface area contributed by atoms with E-state index < -0.39 is 6.03 Å². The minimum Gasteiger partial charge on any atom is -0.264 e. The van der Waals surface area contributed by atoms with Crippen LogP contribution < -0.4 is 11.7 Å². The first-order valence-electron chi connectivity index (χ1n) is 2.06. The van der Waals surface area contributed by atoms with E-state index in [0.717, 1.165) is 10.0 Å². The lowest BCUT2D eigenvalue weighted by molar-refractivity contribution is 0.175. The molecule has 0 aromatic rings. The summed E-state index contributed by atoms with van der Waals surface area (Å²) >= 11 is 0. The molecular weight excluding hydrogens is 108 g/mol. The zero-order chi connectivity index (χ0) is 6.73. The van der Waals surface area contributed by atoms with E-state index in [9.17, 15) is 4.79 Å². The van der Waals surface area contributed by atoms with E-state index in [-0.39, 0.29) is 0 Å². The Balaban J connectivity index is 3.65. The monoisotopic (exact) mass is 118 g/mol. The van der Waals surface area contributed by atoms with E-state index in [1.54, 1.807) is 0 Å².